The summed E-state index contributed by atoms with van der Waals surface area (Å²) in [5, 5.41) is 5.66. The van der Waals surface area contributed by atoms with Gasteiger partial charge in [-0.1, -0.05) is 45.0 Å². The summed E-state index contributed by atoms with van der Waals surface area (Å²) in [5.41, 5.74) is 1.05. The van der Waals surface area contributed by atoms with Gasteiger partial charge in [0.15, 0.2) is 0 Å². The minimum absolute atomic E-state index is 0.140. The van der Waals surface area contributed by atoms with Crippen molar-refractivity contribution < 1.29 is 9.59 Å². The third kappa shape index (κ3) is 4.42. The molecule has 2 aromatic rings. The van der Waals surface area contributed by atoms with Crippen LogP contribution < -0.4 is 10.6 Å². The first-order valence-corrected chi connectivity index (χ1v) is 8.04. The second kappa shape index (κ2) is 6.96. The van der Waals surface area contributed by atoms with Crippen LogP contribution in [0.2, 0.25) is 0 Å². The summed E-state index contributed by atoms with van der Waals surface area (Å²) >= 11 is 3.40. The van der Waals surface area contributed by atoms with Crippen LogP contribution in [0.3, 0.4) is 0 Å². The summed E-state index contributed by atoms with van der Waals surface area (Å²) in [6.45, 7) is 5.48. The average Bonchev–Trinajstić information content (AvgIpc) is 2.49. The van der Waals surface area contributed by atoms with Crippen molar-refractivity contribution in [1.82, 2.24) is 0 Å². The second-order valence-corrected chi connectivity index (χ2v) is 7.04. The van der Waals surface area contributed by atoms with E-state index in [1.165, 1.54) is 0 Å². The van der Waals surface area contributed by atoms with Gasteiger partial charge in [0, 0.05) is 9.89 Å². The van der Waals surface area contributed by atoms with E-state index in [-0.39, 0.29) is 11.8 Å². The topological polar surface area (TPSA) is 58.2 Å². The molecule has 2 amide bonds. The fraction of sp³-hybridized carbons (Fsp3) is 0.222. The second-order valence-electron chi connectivity index (χ2n) is 6.18. The van der Waals surface area contributed by atoms with Crippen molar-refractivity contribution in [1.29, 1.82) is 0 Å². The van der Waals surface area contributed by atoms with Gasteiger partial charge in [-0.05, 0) is 40.2 Å². The number of rotatable bonds is 3. The highest BCUT2D eigenvalue weighted by Crippen LogP contribution is 2.24. The maximum Gasteiger partial charge on any atom is 0.257 e. The Morgan fingerprint density at radius 3 is 2.04 bits per heavy atom. The molecule has 0 aliphatic heterocycles. The Kier molecular flexibility index (Phi) is 5.21. The fourth-order valence-corrected chi connectivity index (χ4v) is 2.24. The van der Waals surface area contributed by atoms with E-state index < -0.39 is 5.41 Å². The zero-order chi connectivity index (χ0) is 17.0. The van der Waals surface area contributed by atoms with Crippen molar-refractivity contribution in [3.63, 3.8) is 0 Å². The standard InChI is InChI=1S/C18H19BrN2O2/c1-18(2,3)17(23)21-14-10-6-4-8-12(14)16(22)20-15-11-7-5-9-13(15)19/h4-11H,1-3H3,(H,20,22)(H,21,23). The number of amides is 2. The zero-order valence-corrected chi connectivity index (χ0v) is 14.9. The number of anilines is 2. The minimum atomic E-state index is -0.536. The van der Waals surface area contributed by atoms with Gasteiger partial charge in [0.2, 0.25) is 5.91 Å². The van der Waals surface area contributed by atoms with Crippen LogP contribution in [0.1, 0.15) is 31.1 Å². The highest BCUT2D eigenvalue weighted by molar-refractivity contribution is 9.10. The van der Waals surface area contributed by atoms with Gasteiger partial charge in [-0.3, -0.25) is 9.59 Å². The third-order valence-electron chi connectivity index (χ3n) is 3.22. The molecule has 0 fully saturated rings. The zero-order valence-electron chi connectivity index (χ0n) is 13.3. The first-order valence-electron chi connectivity index (χ1n) is 7.25. The molecular weight excluding hydrogens is 356 g/mol. The van der Waals surface area contributed by atoms with Gasteiger partial charge < -0.3 is 10.6 Å². The van der Waals surface area contributed by atoms with E-state index in [1.54, 1.807) is 30.3 Å². The van der Waals surface area contributed by atoms with Crippen molar-refractivity contribution in [2.75, 3.05) is 10.6 Å². The largest absolute Gasteiger partial charge is 0.325 e. The van der Waals surface area contributed by atoms with Gasteiger partial charge in [0.1, 0.15) is 0 Å². The van der Waals surface area contributed by atoms with E-state index in [0.717, 1.165) is 4.47 Å². The molecule has 2 aromatic carbocycles. The van der Waals surface area contributed by atoms with Crippen LogP contribution in [-0.2, 0) is 4.79 Å². The number of hydrogen-bond donors (Lipinski definition) is 2. The van der Waals surface area contributed by atoms with Crippen LogP contribution in [0.4, 0.5) is 11.4 Å². The van der Waals surface area contributed by atoms with Crippen molar-refractivity contribution in [2.45, 2.75) is 20.8 Å². The van der Waals surface area contributed by atoms with Crippen LogP contribution in [0.15, 0.2) is 53.0 Å². The maximum atomic E-state index is 12.5. The number of benzene rings is 2. The highest BCUT2D eigenvalue weighted by atomic mass is 79.9. The molecule has 120 valence electrons. The molecule has 0 unspecified atom stereocenters. The molecule has 0 saturated heterocycles. The van der Waals surface area contributed by atoms with Gasteiger partial charge >= 0.3 is 0 Å². The summed E-state index contributed by atoms with van der Waals surface area (Å²) < 4.78 is 0.796. The van der Waals surface area contributed by atoms with Gasteiger partial charge in [-0.15, -0.1) is 0 Å². The maximum absolute atomic E-state index is 12.5. The van der Waals surface area contributed by atoms with E-state index in [1.807, 2.05) is 39.0 Å². The molecular formula is C18H19BrN2O2. The Morgan fingerprint density at radius 1 is 0.870 bits per heavy atom. The van der Waals surface area contributed by atoms with E-state index in [9.17, 15) is 9.59 Å². The lowest BCUT2D eigenvalue weighted by molar-refractivity contribution is -0.123. The van der Waals surface area contributed by atoms with Crippen molar-refractivity contribution >= 4 is 39.1 Å². The quantitative estimate of drug-likeness (QED) is 0.818. The molecule has 0 saturated carbocycles. The molecule has 5 heteroatoms. The molecule has 2 rings (SSSR count). The summed E-state index contributed by atoms with van der Waals surface area (Å²) in [6, 6.07) is 14.3. The van der Waals surface area contributed by atoms with Crippen molar-refractivity contribution in [2.24, 2.45) is 5.41 Å². The average molecular weight is 375 g/mol. The van der Waals surface area contributed by atoms with Crippen molar-refractivity contribution in [3.8, 4) is 0 Å². The van der Waals surface area contributed by atoms with E-state index in [2.05, 4.69) is 26.6 Å². The van der Waals surface area contributed by atoms with Gasteiger partial charge in [-0.2, -0.15) is 0 Å². The number of carbonyl (C=O) groups is 2. The molecule has 0 aliphatic rings. The molecule has 0 atom stereocenters. The molecule has 0 heterocycles. The van der Waals surface area contributed by atoms with Gasteiger partial charge in [0.05, 0.1) is 16.9 Å². The summed E-state index contributed by atoms with van der Waals surface area (Å²) in [5.74, 6) is -0.416. The lowest BCUT2D eigenvalue weighted by atomic mass is 9.95. The molecule has 4 nitrogen and oxygen atoms in total. The molecule has 0 radical (unpaired) electrons. The van der Waals surface area contributed by atoms with Crippen LogP contribution in [0.5, 0.6) is 0 Å². The summed E-state index contributed by atoms with van der Waals surface area (Å²) in [7, 11) is 0. The predicted molar refractivity (Wildman–Crippen MR) is 96.6 cm³/mol. The molecule has 0 aromatic heterocycles. The monoisotopic (exact) mass is 374 g/mol. The number of halogens is 1. The van der Waals surface area contributed by atoms with Crippen LogP contribution in [-0.4, -0.2) is 11.8 Å². The predicted octanol–water partition coefficient (Wildman–Crippen LogP) is 4.69. The normalized spacial score (nSPS) is 11.0. The third-order valence-corrected chi connectivity index (χ3v) is 3.91. The lowest BCUT2D eigenvalue weighted by Gasteiger charge is -2.19. The molecule has 23 heavy (non-hydrogen) atoms. The van der Waals surface area contributed by atoms with Crippen LogP contribution >= 0.6 is 15.9 Å². The Balaban J connectivity index is 2.25. The number of nitrogens with one attached hydrogen (secondary N) is 2. The smallest absolute Gasteiger partial charge is 0.257 e. The van der Waals surface area contributed by atoms with Gasteiger partial charge in [-0.25, -0.2) is 0 Å². The SMILES string of the molecule is CC(C)(C)C(=O)Nc1ccccc1C(=O)Nc1ccccc1Br. The summed E-state index contributed by atoms with van der Waals surface area (Å²) in [6.07, 6.45) is 0. The number of para-hydroxylation sites is 2. The molecule has 2 N–H and O–H groups in total. The van der Waals surface area contributed by atoms with E-state index in [4.69, 9.17) is 0 Å². The molecule has 0 bridgehead atoms. The van der Waals surface area contributed by atoms with E-state index in [0.29, 0.717) is 16.9 Å². The van der Waals surface area contributed by atoms with E-state index >= 15 is 0 Å². The number of hydrogen-bond acceptors (Lipinski definition) is 2. The minimum Gasteiger partial charge on any atom is -0.325 e. The Labute approximate surface area is 144 Å². The highest BCUT2D eigenvalue weighted by Gasteiger charge is 2.23. The summed E-state index contributed by atoms with van der Waals surface area (Å²) in [4.78, 5) is 24.7. The van der Waals surface area contributed by atoms with Crippen LogP contribution in [0.25, 0.3) is 0 Å². The lowest BCUT2D eigenvalue weighted by Crippen LogP contribution is -2.28. The number of carbonyl (C=O) groups excluding carboxylic acids is 2. The molecule has 0 spiro atoms. The fourth-order valence-electron chi connectivity index (χ4n) is 1.85. The Bertz CT molecular complexity index is 736. The molecule has 0 aliphatic carbocycles. The first kappa shape index (κ1) is 17.2. The Hall–Kier alpha value is -2.14. The van der Waals surface area contributed by atoms with Crippen molar-refractivity contribution in [3.05, 3.63) is 58.6 Å². The first-order chi connectivity index (χ1) is 10.8. The Morgan fingerprint density at radius 2 is 1.43 bits per heavy atom. The van der Waals surface area contributed by atoms with Gasteiger partial charge in [0.25, 0.3) is 5.91 Å². The van der Waals surface area contributed by atoms with Crippen LogP contribution in [0, 0.1) is 5.41 Å².